The number of nitrogens with zero attached hydrogens (tertiary/aromatic N) is 1. The minimum Gasteiger partial charge on any atom is -0.380 e. The van der Waals surface area contributed by atoms with Crippen molar-refractivity contribution in [2.24, 2.45) is 0 Å². The van der Waals surface area contributed by atoms with Crippen LogP contribution in [0.25, 0.3) is 11.0 Å². The van der Waals surface area contributed by atoms with Gasteiger partial charge in [0.1, 0.15) is 5.82 Å². The molecule has 23 heavy (non-hydrogen) atoms. The molecule has 1 aromatic heterocycles. The molecule has 1 aromatic carbocycles. The summed E-state index contributed by atoms with van der Waals surface area (Å²) < 4.78 is 5.33. The topological polar surface area (TPSA) is 67.0 Å². The molecule has 4 rings (SSSR count). The van der Waals surface area contributed by atoms with E-state index >= 15 is 0 Å². The van der Waals surface area contributed by atoms with E-state index in [0.717, 1.165) is 41.0 Å². The first kappa shape index (κ1) is 14.7. The van der Waals surface area contributed by atoms with E-state index < -0.39 is 0 Å². The number of H-pyrrole nitrogens is 1. The molecule has 1 unspecified atom stereocenters. The largest absolute Gasteiger partial charge is 0.380 e. The number of ether oxygens (including phenoxy) is 1. The lowest BCUT2D eigenvalue weighted by Crippen LogP contribution is -2.18. The molecule has 122 valence electrons. The van der Waals surface area contributed by atoms with Crippen LogP contribution in [0.15, 0.2) is 12.1 Å². The summed E-state index contributed by atoms with van der Waals surface area (Å²) in [5, 5.41) is 2.93. The lowest BCUT2D eigenvalue weighted by molar-refractivity contribution is -0.120. The number of aromatic amines is 1. The number of amides is 1. The van der Waals surface area contributed by atoms with Gasteiger partial charge in [0, 0.05) is 25.1 Å². The molecule has 0 spiro atoms. The van der Waals surface area contributed by atoms with E-state index in [0.29, 0.717) is 12.5 Å². The summed E-state index contributed by atoms with van der Waals surface area (Å²) >= 11 is 0. The van der Waals surface area contributed by atoms with Gasteiger partial charge in [0.15, 0.2) is 0 Å². The van der Waals surface area contributed by atoms with Crippen LogP contribution in [-0.4, -0.2) is 29.5 Å². The number of fused-ring (bicyclic) bond motifs is 1. The maximum Gasteiger partial charge on any atom is 0.227 e. The fourth-order valence-electron chi connectivity index (χ4n) is 4.03. The molecule has 1 aliphatic carbocycles. The summed E-state index contributed by atoms with van der Waals surface area (Å²) in [6.45, 7) is 1.31. The Morgan fingerprint density at radius 3 is 2.78 bits per heavy atom. The van der Waals surface area contributed by atoms with Crippen molar-refractivity contribution >= 4 is 16.9 Å². The van der Waals surface area contributed by atoms with Crippen molar-refractivity contribution in [3.05, 3.63) is 29.1 Å². The molecule has 5 heteroatoms. The summed E-state index contributed by atoms with van der Waals surface area (Å²) in [5.41, 5.74) is 4.17. The summed E-state index contributed by atoms with van der Waals surface area (Å²) in [4.78, 5) is 20.6. The fraction of sp³-hybridized carbons (Fsp3) is 0.556. The lowest BCUT2D eigenvalue weighted by Gasteiger charge is -2.10. The summed E-state index contributed by atoms with van der Waals surface area (Å²) in [7, 11) is 1.71. The summed E-state index contributed by atoms with van der Waals surface area (Å²) in [5.74, 6) is 1.66. The van der Waals surface area contributed by atoms with Crippen molar-refractivity contribution in [3.63, 3.8) is 0 Å². The van der Waals surface area contributed by atoms with Crippen LogP contribution < -0.4 is 5.32 Å². The Bertz CT molecular complexity index is 731. The monoisotopic (exact) mass is 313 g/mol. The van der Waals surface area contributed by atoms with Gasteiger partial charge in [-0.15, -0.1) is 0 Å². The van der Waals surface area contributed by atoms with E-state index in [2.05, 4.69) is 22.4 Å². The van der Waals surface area contributed by atoms with Crippen LogP contribution in [0.5, 0.6) is 0 Å². The highest BCUT2D eigenvalue weighted by atomic mass is 16.5. The molecule has 1 saturated heterocycles. The highest BCUT2D eigenvalue weighted by Gasteiger charge is 2.29. The Hall–Kier alpha value is -1.88. The lowest BCUT2D eigenvalue weighted by atomic mass is 9.95. The third-order valence-corrected chi connectivity index (χ3v) is 5.25. The number of carbonyl (C=O) groups is 1. The van der Waals surface area contributed by atoms with Crippen LogP contribution in [0.4, 0.5) is 0 Å². The first-order chi connectivity index (χ1) is 11.3. The van der Waals surface area contributed by atoms with Gasteiger partial charge in [-0.3, -0.25) is 4.79 Å². The smallest absolute Gasteiger partial charge is 0.227 e. The first-order valence-corrected chi connectivity index (χ1v) is 8.56. The maximum atomic E-state index is 12.1. The minimum atomic E-state index is -0.0752. The molecule has 1 atom stereocenters. The molecule has 5 nitrogen and oxygen atoms in total. The summed E-state index contributed by atoms with van der Waals surface area (Å²) in [6, 6.07) is 4.13. The molecule has 1 amide bonds. The Kier molecular flexibility index (Phi) is 3.81. The number of rotatable bonds is 4. The summed E-state index contributed by atoms with van der Waals surface area (Å²) in [6.07, 6.45) is 5.83. The molecule has 2 fully saturated rings. The van der Waals surface area contributed by atoms with Gasteiger partial charge < -0.3 is 15.0 Å². The van der Waals surface area contributed by atoms with Gasteiger partial charge in [-0.05, 0) is 24.8 Å². The number of aromatic nitrogens is 2. The van der Waals surface area contributed by atoms with Crippen LogP contribution in [0, 0.1) is 0 Å². The van der Waals surface area contributed by atoms with Crippen molar-refractivity contribution < 1.29 is 9.53 Å². The van der Waals surface area contributed by atoms with Crippen LogP contribution in [0.3, 0.4) is 0 Å². The number of hydrogen-bond donors (Lipinski definition) is 2. The van der Waals surface area contributed by atoms with Gasteiger partial charge in [0.05, 0.1) is 23.6 Å². The Morgan fingerprint density at radius 2 is 2.09 bits per heavy atom. The van der Waals surface area contributed by atoms with Gasteiger partial charge in [-0.1, -0.05) is 25.0 Å². The average Bonchev–Trinajstić information content (AvgIpc) is 3.27. The second-order valence-corrected chi connectivity index (χ2v) is 6.71. The van der Waals surface area contributed by atoms with Gasteiger partial charge in [-0.25, -0.2) is 4.98 Å². The van der Waals surface area contributed by atoms with Crippen LogP contribution in [-0.2, 0) is 16.1 Å². The predicted octanol–water partition coefficient (Wildman–Crippen LogP) is 2.97. The number of imidazole rings is 1. The van der Waals surface area contributed by atoms with Gasteiger partial charge in [0.2, 0.25) is 5.91 Å². The Labute approximate surface area is 135 Å². The quantitative estimate of drug-likeness (QED) is 0.912. The molecule has 1 aliphatic heterocycles. The van der Waals surface area contributed by atoms with Crippen molar-refractivity contribution in [2.45, 2.75) is 50.5 Å². The third kappa shape index (κ3) is 2.53. The zero-order valence-electron chi connectivity index (χ0n) is 13.5. The van der Waals surface area contributed by atoms with Crippen molar-refractivity contribution in [2.75, 3.05) is 13.7 Å². The van der Waals surface area contributed by atoms with Gasteiger partial charge >= 0.3 is 0 Å². The standard InChI is InChI=1S/C18H23N3O2/c1-23-10-12-6-7-13(14-8-9-19-18(14)22)16-15(12)20-17(21-16)11-4-2-3-5-11/h6-7,11,14H,2-5,8-10H2,1H3,(H,19,22)(H,20,21). The molecule has 1 saturated carbocycles. The number of carbonyl (C=O) groups excluding carboxylic acids is 1. The van der Waals surface area contributed by atoms with Crippen LogP contribution in [0.1, 0.15) is 60.9 Å². The number of nitrogens with one attached hydrogen (secondary N) is 2. The number of hydrogen-bond acceptors (Lipinski definition) is 3. The van der Waals surface area contributed by atoms with Crippen LogP contribution in [0.2, 0.25) is 0 Å². The SMILES string of the molecule is COCc1ccc(C2CCNC2=O)c2nc(C3CCCC3)[nH]c12. The molecule has 2 aromatic rings. The third-order valence-electron chi connectivity index (χ3n) is 5.25. The van der Waals surface area contributed by atoms with E-state index in [-0.39, 0.29) is 11.8 Å². The minimum absolute atomic E-state index is 0.0752. The van der Waals surface area contributed by atoms with Gasteiger partial charge in [0.25, 0.3) is 0 Å². The predicted molar refractivity (Wildman–Crippen MR) is 88.4 cm³/mol. The van der Waals surface area contributed by atoms with E-state index in [1.807, 2.05) is 0 Å². The molecule has 0 bridgehead atoms. The molecule has 2 heterocycles. The second-order valence-electron chi connectivity index (χ2n) is 6.71. The zero-order chi connectivity index (χ0) is 15.8. The molecular formula is C18H23N3O2. The van der Waals surface area contributed by atoms with Gasteiger partial charge in [-0.2, -0.15) is 0 Å². The molecule has 2 N–H and O–H groups in total. The van der Waals surface area contributed by atoms with E-state index in [1.54, 1.807) is 7.11 Å². The molecule has 2 aliphatic rings. The van der Waals surface area contributed by atoms with Crippen molar-refractivity contribution in [1.82, 2.24) is 15.3 Å². The van der Waals surface area contributed by atoms with Crippen LogP contribution >= 0.6 is 0 Å². The fourth-order valence-corrected chi connectivity index (χ4v) is 4.03. The molecule has 0 radical (unpaired) electrons. The van der Waals surface area contributed by atoms with E-state index in [9.17, 15) is 4.79 Å². The van der Waals surface area contributed by atoms with Crippen molar-refractivity contribution in [3.8, 4) is 0 Å². The maximum absolute atomic E-state index is 12.1. The zero-order valence-corrected chi connectivity index (χ0v) is 13.5. The number of benzene rings is 1. The highest BCUT2D eigenvalue weighted by molar-refractivity contribution is 5.92. The number of methoxy groups -OCH3 is 1. The molecular weight excluding hydrogens is 290 g/mol. The van der Waals surface area contributed by atoms with E-state index in [4.69, 9.17) is 9.72 Å². The highest BCUT2D eigenvalue weighted by Crippen LogP contribution is 2.36. The van der Waals surface area contributed by atoms with Crippen molar-refractivity contribution in [1.29, 1.82) is 0 Å². The normalized spacial score (nSPS) is 22.1. The average molecular weight is 313 g/mol. The first-order valence-electron chi connectivity index (χ1n) is 8.56. The Morgan fingerprint density at radius 1 is 1.26 bits per heavy atom. The van der Waals surface area contributed by atoms with E-state index in [1.165, 1.54) is 25.7 Å². The Balaban J connectivity index is 1.83. The second kappa shape index (κ2) is 5.96.